The molecule has 5 heteroatoms. The molecule has 0 heterocycles. The van der Waals surface area contributed by atoms with E-state index in [2.05, 4.69) is 0 Å². The summed E-state index contributed by atoms with van der Waals surface area (Å²) in [6.45, 7) is 4.26. The van der Waals surface area contributed by atoms with Crippen LogP contribution in [0.4, 0.5) is 10.1 Å². The zero-order chi connectivity index (χ0) is 17.5. The van der Waals surface area contributed by atoms with Gasteiger partial charge in [-0.05, 0) is 36.8 Å². The molecule has 2 rings (SSSR count). The fraction of sp³-hybridized carbons (Fsp3) is 0.263. The van der Waals surface area contributed by atoms with Crippen molar-refractivity contribution in [1.29, 1.82) is 0 Å². The Labute approximate surface area is 141 Å². The lowest BCUT2D eigenvalue weighted by molar-refractivity contribution is -0.131. The van der Waals surface area contributed by atoms with Gasteiger partial charge in [-0.15, -0.1) is 0 Å². The maximum Gasteiger partial charge on any atom is 0.242 e. The van der Waals surface area contributed by atoms with Gasteiger partial charge >= 0.3 is 0 Å². The van der Waals surface area contributed by atoms with Crippen LogP contribution in [0.25, 0.3) is 0 Å². The van der Waals surface area contributed by atoms with E-state index in [1.807, 2.05) is 37.3 Å². The quantitative estimate of drug-likeness (QED) is 0.817. The summed E-state index contributed by atoms with van der Waals surface area (Å²) in [6, 6.07) is 15.2. The summed E-state index contributed by atoms with van der Waals surface area (Å²) >= 11 is 0. The lowest BCUT2D eigenvalue weighted by Crippen LogP contribution is -2.42. The molecule has 0 saturated heterocycles. The summed E-state index contributed by atoms with van der Waals surface area (Å²) in [5.74, 6) is -0.792. The number of likely N-dealkylation sites (N-methyl/N-ethyl adjacent to an activating group) is 1. The number of halogens is 1. The standard InChI is InChI=1S/C19H21FN2O2/c1-3-21(13-16-7-5-4-6-8-16)19(24)14-22(15(2)23)18-11-9-17(20)10-12-18/h4-12H,3,13-14H2,1-2H3. The normalized spacial score (nSPS) is 10.3. The van der Waals surface area contributed by atoms with Gasteiger partial charge in [0.2, 0.25) is 11.8 Å². The maximum absolute atomic E-state index is 13.1. The smallest absolute Gasteiger partial charge is 0.242 e. The van der Waals surface area contributed by atoms with Gasteiger partial charge in [0, 0.05) is 25.7 Å². The highest BCUT2D eigenvalue weighted by molar-refractivity contribution is 5.97. The van der Waals surface area contributed by atoms with Crippen LogP contribution in [0.1, 0.15) is 19.4 Å². The summed E-state index contributed by atoms with van der Waals surface area (Å²) in [7, 11) is 0. The first kappa shape index (κ1) is 17.7. The molecule has 0 aromatic heterocycles. The first-order valence-electron chi connectivity index (χ1n) is 7.86. The van der Waals surface area contributed by atoms with Crippen LogP contribution in [-0.4, -0.2) is 29.8 Å². The van der Waals surface area contributed by atoms with E-state index in [9.17, 15) is 14.0 Å². The number of hydrogen-bond acceptors (Lipinski definition) is 2. The molecule has 0 bridgehead atoms. The number of nitrogens with zero attached hydrogens (tertiary/aromatic N) is 2. The maximum atomic E-state index is 13.1. The van der Waals surface area contributed by atoms with Gasteiger partial charge in [0.15, 0.2) is 0 Å². The van der Waals surface area contributed by atoms with Gasteiger partial charge in [-0.2, -0.15) is 0 Å². The number of anilines is 1. The molecule has 2 amide bonds. The summed E-state index contributed by atoms with van der Waals surface area (Å²) in [4.78, 5) is 27.5. The van der Waals surface area contributed by atoms with Gasteiger partial charge < -0.3 is 9.80 Å². The van der Waals surface area contributed by atoms with Crippen molar-refractivity contribution in [3.05, 3.63) is 66.0 Å². The first-order chi connectivity index (χ1) is 11.5. The van der Waals surface area contributed by atoms with Gasteiger partial charge in [-0.25, -0.2) is 4.39 Å². The van der Waals surface area contributed by atoms with Crippen LogP contribution < -0.4 is 4.90 Å². The van der Waals surface area contributed by atoms with Crippen molar-refractivity contribution < 1.29 is 14.0 Å². The Hall–Kier alpha value is -2.69. The van der Waals surface area contributed by atoms with Crippen LogP contribution in [-0.2, 0) is 16.1 Å². The van der Waals surface area contributed by atoms with Crippen molar-refractivity contribution in [3.63, 3.8) is 0 Å². The van der Waals surface area contributed by atoms with Crippen molar-refractivity contribution in [2.75, 3.05) is 18.0 Å². The lowest BCUT2D eigenvalue weighted by atomic mass is 10.2. The number of benzene rings is 2. The van der Waals surface area contributed by atoms with Crippen molar-refractivity contribution in [3.8, 4) is 0 Å². The summed E-state index contributed by atoms with van der Waals surface area (Å²) < 4.78 is 13.1. The van der Waals surface area contributed by atoms with E-state index in [1.54, 1.807) is 4.90 Å². The SMILES string of the molecule is CCN(Cc1ccccc1)C(=O)CN(C(C)=O)c1ccc(F)cc1. The van der Waals surface area contributed by atoms with Crippen LogP contribution >= 0.6 is 0 Å². The highest BCUT2D eigenvalue weighted by Crippen LogP contribution is 2.16. The highest BCUT2D eigenvalue weighted by atomic mass is 19.1. The molecule has 0 radical (unpaired) electrons. The number of carbonyl (C=O) groups excluding carboxylic acids is 2. The minimum absolute atomic E-state index is 0.0678. The molecule has 0 spiro atoms. The van der Waals surface area contributed by atoms with Crippen molar-refractivity contribution in [2.24, 2.45) is 0 Å². The summed E-state index contributed by atoms with van der Waals surface area (Å²) in [5.41, 5.74) is 1.54. The molecular weight excluding hydrogens is 307 g/mol. The van der Waals surface area contributed by atoms with Crippen LogP contribution in [0.3, 0.4) is 0 Å². The topological polar surface area (TPSA) is 40.6 Å². The Morgan fingerprint density at radius 1 is 1.00 bits per heavy atom. The Morgan fingerprint density at radius 2 is 1.62 bits per heavy atom. The van der Waals surface area contributed by atoms with Crippen molar-refractivity contribution >= 4 is 17.5 Å². The molecule has 4 nitrogen and oxygen atoms in total. The van der Waals surface area contributed by atoms with Gasteiger partial charge in [-0.1, -0.05) is 30.3 Å². The molecule has 0 aliphatic heterocycles. The van der Waals surface area contributed by atoms with Gasteiger partial charge in [0.05, 0.1) is 0 Å². The summed E-state index contributed by atoms with van der Waals surface area (Å²) in [5, 5.41) is 0. The largest absolute Gasteiger partial charge is 0.337 e. The van der Waals surface area contributed by atoms with Crippen LogP contribution in [0.5, 0.6) is 0 Å². The first-order valence-corrected chi connectivity index (χ1v) is 7.86. The molecular formula is C19H21FN2O2. The molecule has 0 N–H and O–H groups in total. The molecule has 0 aliphatic rings. The second kappa shape index (κ2) is 8.24. The fourth-order valence-corrected chi connectivity index (χ4v) is 2.42. The van der Waals surface area contributed by atoms with E-state index < -0.39 is 0 Å². The molecule has 0 fully saturated rings. The minimum Gasteiger partial charge on any atom is -0.337 e. The second-order valence-corrected chi connectivity index (χ2v) is 5.48. The van der Waals surface area contributed by atoms with E-state index in [0.717, 1.165) is 5.56 Å². The highest BCUT2D eigenvalue weighted by Gasteiger charge is 2.20. The zero-order valence-electron chi connectivity index (χ0n) is 13.9. The fourth-order valence-electron chi connectivity index (χ4n) is 2.42. The average molecular weight is 328 g/mol. The number of amides is 2. The van der Waals surface area contributed by atoms with E-state index >= 15 is 0 Å². The van der Waals surface area contributed by atoms with Gasteiger partial charge in [0.25, 0.3) is 0 Å². The number of rotatable bonds is 6. The Kier molecular flexibility index (Phi) is 6.07. The Balaban J connectivity index is 2.11. The van der Waals surface area contributed by atoms with E-state index in [1.165, 1.54) is 36.1 Å². The third-order valence-corrected chi connectivity index (χ3v) is 3.76. The minimum atomic E-state index is -0.382. The van der Waals surface area contributed by atoms with E-state index in [4.69, 9.17) is 0 Å². The predicted molar refractivity (Wildman–Crippen MR) is 92.0 cm³/mol. The lowest BCUT2D eigenvalue weighted by Gasteiger charge is -2.26. The van der Waals surface area contributed by atoms with Crippen LogP contribution in [0, 0.1) is 5.82 Å². The molecule has 126 valence electrons. The third kappa shape index (κ3) is 4.65. The average Bonchev–Trinajstić information content (AvgIpc) is 2.59. The Bertz CT molecular complexity index is 686. The molecule has 0 aliphatic carbocycles. The van der Waals surface area contributed by atoms with Gasteiger partial charge in [-0.3, -0.25) is 9.59 Å². The van der Waals surface area contributed by atoms with Gasteiger partial charge in [0.1, 0.15) is 12.4 Å². The summed E-state index contributed by atoms with van der Waals surface area (Å²) in [6.07, 6.45) is 0. The monoisotopic (exact) mass is 328 g/mol. The molecule has 24 heavy (non-hydrogen) atoms. The third-order valence-electron chi connectivity index (χ3n) is 3.76. The molecule has 2 aromatic rings. The number of hydrogen-bond donors (Lipinski definition) is 0. The molecule has 0 unspecified atom stereocenters. The Morgan fingerprint density at radius 3 is 2.17 bits per heavy atom. The predicted octanol–water partition coefficient (Wildman–Crippen LogP) is 3.23. The molecule has 2 aromatic carbocycles. The van der Waals surface area contributed by atoms with E-state index in [0.29, 0.717) is 18.8 Å². The molecule has 0 saturated carbocycles. The van der Waals surface area contributed by atoms with Crippen molar-refractivity contribution in [1.82, 2.24) is 4.90 Å². The van der Waals surface area contributed by atoms with E-state index in [-0.39, 0.29) is 24.2 Å². The molecule has 0 atom stereocenters. The van der Waals surface area contributed by atoms with Crippen LogP contribution in [0.15, 0.2) is 54.6 Å². The number of carbonyl (C=O) groups is 2. The van der Waals surface area contributed by atoms with Crippen LogP contribution in [0.2, 0.25) is 0 Å². The zero-order valence-corrected chi connectivity index (χ0v) is 13.9. The van der Waals surface area contributed by atoms with Crippen molar-refractivity contribution in [2.45, 2.75) is 20.4 Å². The second-order valence-electron chi connectivity index (χ2n) is 5.48.